The van der Waals surface area contributed by atoms with E-state index < -0.39 is 4.92 Å². The lowest BCUT2D eigenvalue weighted by atomic mass is 10.1. The van der Waals surface area contributed by atoms with Crippen LogP contribution in [0, 0.1) is 17.0 Å². The first-order chi connectivity index (χ1) is 16.4. The van der Waals surface area contributed by atoms with E-state index in [2.05, 4.69) is 10.3 Å². The number of carbonyl (C=O) groups is 1. The Balaban J connectivity index is 1.68. The van der Waals surface area contributed by atoms with E-state index in [-0.39, 0.29) is 22.9 Å². The minimum absolute atomic E-state index is 0.0370. The molecule has 1 heterocycles. The van der Waals surface area contributed by atoms with Crippen molar-refractivity contribution < 1.29 is 9.72 Å². The van der Waals surface area contributed by atoms with E-state index in [1.807, 2.05) is 32.0 Å². The zero-order valence-electron chi connectivity index (χ0n) is 18.6. The fourth-order valence-electron chi connectivity index (χ4n) is 3.67. The van der Waals surface area contributed by atoms with Crippen LogP contribution in [0.1, 0.15) is 18.1 Å². The van der Waals surface area contributed by atoms with Crippen LogP contribution < -0.4 is 10.9 Å². The predicted octanol–water partition coefficient (Wildman–Crippen LogP) is 4.90. The number of thioether (sulfide) groups is 1. The molecule has 8 nitrogen and oxygen atoms in total. The summed E-state index contributed by atoms with van der Waals surface area (Å²) >= 11 is 1.13. The zero-order valence-corrected chi connectivity index (χ0v) is 19.5. The summed E-state index contributed by atoms with van der Waals surface area (Å²) in [5, 5.41) is 14.8. The SMILES string of the molecule is CCc1cccc(C)c1NC(=O)CSc1nc2ccccc2c(=O)n1-c1ccc([N+](=O)[O-])cc1. The quantitative estimate of drug-likeness (QED) is 0.177. The van der Waals surface area contributed by atoms with Crippen LogP contribution in [0.3, 0.4) is 0 Å². The molecular weight excluding hydrogens is 452 g/mol. The number of fused-ring (bicyclic) bond motifs is 1. The molecule has 1 aromatic heterocycles. The van der Waals surface area contributed by atoms with Crippen molar-refractivity contribution in [1.29, 1.82) is 0 Å². The van der Waals surface area contributed by atoms with Gasteiger partial charge in [0, 0.05) is 17.8 Å². The number of rotatable bonds is 7. The second kappa shape index (κ2) is 9.88. The van der Waals surface area contributed by atoms with E-state index in [9.17, 15) is 19.7 Å². The molecule has 0 saturated carbocycles. The molecule has 0 radical (unpaired) electrons. The Morgan fingerprint density at radius 3 is 2.53 bits per heavy atom. The zero-order chi connectivity index (χ0) is 24.2. The van der Waals surface area contributed by atoms with Gasteiger partial charge >= 0.3 is 0 Å². The number of hydrogen-bond donors (Lipinski definition) is 1. The second-order valence-corrected chi connectivity index (χ2v) is 8.57. The highest BCUT2D eigenvalue weighted by Crippen LogP contribution is 2.25. The maximum atomic E-state index is 13.3. The lowest BCUT2D eigenvalue weighted by molar-refractivity contribution is -0.384. The molecule has 0 fully saturated rings. The standard InChI is InChI=1S/C25H22N4O4S/c1-3-17-8-6-7-16(2)23(17)27-22(30)15-34-25-26-21-10-5-4-9-20(21)24(31)28(25)18-11-13-19(14-12-18)29(32)33/h4-14H,3,15H2,1-2H3,(H,27,30). The summed E-state index contributed by atoms with van der Waals surface area (Å²) in [7, 11) is 0. The fourth-order valence-corrected chi connectivity index (χ4v) is 4.48. The van der Waals surface area contributed by atoms with Crippen LogP contribution >= 0.6 is 11.8 Å². The van der Waals surface area contributed by atoms with Crippen LogP contribution in [0.4, 0.5) is 11.4 Å². The van der Waals surface area contributed by atoms with Gasteiger partial charge < -0.3 is 5.32 Å². The number of benzene rings is 3. The van der Waals surface area contributed by atoms with Gasteiger partial charge in [0.2, 0.25) is 5.91 Å². The van der Waals surface area contributed by atoms with Crippen LogP contribution in [0.15, 0.2) is 76.7 Å². The van der Waals surface area contributed by atoms with E-state index in [1.54, 1.807) is 24.3 Å². The number of carbonyl (C=O) groups excluding carboxylic acids is 1. The van der Waals surface area contributed by atoms with Crippen LogP contribution in [0.5, 0.6) is 0 Å². The van der Waals surface area contributed by atoms with Crippen molar-refractivity contribution in [1.82, 2.24) is 9.55 Å². The van der Waals surface area contributed by atoms with E-state index in [0.717, 1.165) is 35.0 Å². The topological polar surface area (TPSA) is 107 Å². The van der Waals surface area contributed by atoms with E-state index in [0.29, 0.717) is 21.7 Å². The number of nitrogens with one attached hydrogen (secondary N) is 1. The average molecular weight is 475 g/mol. The molecule has 1 amide bonds. The van der Waals surface area contributed by atoms with Gasteiger partial charge in [-0.15, -0.1) is 0 Å². The number of nitro benzene ring substituents is 1. The van der Waals surface area contributed by atoms with Gasteiger partial charge in [0.05, 0.1) is 27.3 Å². The molecule has 0 bridgehead atoms. The number of nitro groups is 1. The normalized spacial score (nSPS) is 10.9. The van der Waals surface area contributed by atoms with Crippen LogP contribution in [-0.2, 0) is 11.2 Å². The Bertz CT molecular complexity index is 1450. The molecule has 0 aliphatic carbocycles. The van der Waals surface area contributed by atoms with Crippen molar-refractivity contribution in [2.75, 3.05) is 11.1 Å². The lowest BCUT2D eigenvalue weighted by Crippen LogP contribution is -2.23. The van der Waals surface area contributed by atoms with E-state index in [1.165, 1.54) is 28.8 Å². The Morgan fingerprint density at radius 1 is 1.09 bits per heavy atom. The highest BCUT2D eigenvalue weighted by molar-refractivity contribution is 7.99. The van der Waals surface area contributed by atoms with E-state index in [4.69, 9.17) is 0 Å². The third-order valence-corrected chi connectivity index (χ3v) is 6.34. The molecule has 4 aromatic rings. The molecule has 0 spiro atoms. The second-order valence-electron chi connectivity index (χ2n) is 7.63. The van der Waals surface area contributed by atoms with Crippen molar-refractivity contribution in [3.63, 3.8) is 0 Å². The molecule has 0 atom stereocenters. The van der Waals surface area contributed by atoms with Crippen LogP contribution in [0.25, 0.3) is 16.6 Å². The number of hydrogen-bond acceptors (Lipinski definition) is 6. The van der Waals surface area contributed by atoms with Gasteiger partial charge in [0.15, 0.2) is 5.16 Å². The van der Waals surface area contributed by atoms with Gasteiger partial charge in [-0.25, -0.2) is 4.98 Å². The summed E-state index contributed by atoms with van der Waals surface area (Å²) in [5.74, 6) is -0.179. The molecule has 1 N–H and O–H groups in total. The predicted molar refractivity (Wildman–Crippen MR) is 134 cm³/mol. The summed E-state index contributed by atoms with van der Waals surface area (Å²) in [6, 6.07) is 18.5. The number of anilines is 1. The number of non-ortho nitro benzene ring substituents is 1. The highest BCUT2D eigenvalue weighted by atomic mass is 32.2. The van der Waals surface area contributed by atoms with Gasteiger partial charge in [-0.1, -0.05) is 49.0 Å². The molecule has 0 saturated heterocycles. The van der Waals surface area contributed by atoms with Crippen molar-refractivity contribution in [3.8, 4) is 5.69 Å². The molecule has 0 unspecified atom stereocenters. The first-order valence-corrected chi connectivity index (χ1v) is 11.7. The molecule has 172 valence electrons. The van der Waals surface area contributed by atoms with Crippen molar-refractivity contribution in [2.45, 2.75) is 25.4 Å². The van der Waals surface area contributed by atoms with Gasteiger partial charge in [0.1, 0.15) is 0 Å². The summed E-state index contributed by atoms with van der Waals surface area (Å²) < 4.78 is 1.38. The Hall–Kier alpha value is -3.98. The number of aromatic nitrogens is 2. The fraction of sp³-hybridized carbons (Fsp3) is 0.160. The van der Waals surface area contributed by atoms with Gasteiger partial charge in [-0.05, 0) is 48.7 Å². The van der Waals surface area contributed by atoms with Crippen molar-refractivity contribution in [2.24, 2.45) is 0 Å². The van der Waals surface area contributed by atoms with E-state index >= 15 is 0 Å². The van der Waals surface area contributed by atoms with Crippen LogP contribution in [0.2, 0.25) is 0 Å². The number of nitrogens with zero attached hydrogens (tertiary/aromatic N) is 3. The number of aryl methyl sites for hydroxylation is 2. The number of para-hydroxylation sites is 2. The largest absolute Gasteiger partial charge is 0.325 e. The van der Waals surface area contributed by atoms with Gasteiger partial charge in [-0.2, -0.15) is 0 Å². The summed E-state index contributed by atoms with van der Waals surface area (Å²) in [6.07, 6.45) is 0.788. The molecule has 3 aromatic carbocycles. The smallest absolute Gasteiger partial charge is 0.269 e. The Labute approximate surface area is 199 Å². The third-order valence-electron chi connectivity index (χ3n) is 5.40. The van der Waals surface area contributed by atoms with Crippen LogP contribution in [-0.4, -0.2) is 26.1 Å². The molecule has 4 rings (SSSR count). The molecular formula is C25H22N4O4S. The first-order valence-electron chi connectivity index (χ1n) is 10.7. The Kier molecular flexibility index (Phi) is 6.74. The minimum Gasteiger partial charge on any atom is -0.325 e. The van der Waals surface area contributed by atoms with Gasteiger partial charge in [-0.3, -0.25) is 24.3 Å². The molecule has 9 heteroatoms. The maximum absolute atomic E-state index is 13.3. The molecule has 0 aliphatic heterocycles. The minimum atomic E-state index is -0.499. The summed E-state index contributed by atoms with van der Waals surface area (Å²) in [6.45, 7) is 3.97. The van der Waals surface area contributed by atoms with Crippen molar-refractivity contribution >= 4 is 39.9 Å². The summed E-state index contributed by atoms with van der Waals surface area (Å²) in [5.41, 5.74) is 3.38. The number of amides is 1. The third kappa shape index (κ3) is 4.69. The molecule has 34 heavy (non-hydrogen) atoms. The van der Waals surface area contributed by atoms with Gasteiger partial charge in [0.25, 0.3) is 11.2 Å². The monoisotopic (exact) mass is 474 g/mol. The summed E-state index contributed by atoms with van der Waals surface area (Å²) in [4.78, 5) is 41.3. The molecule has 0 aliphatic rings. The van der Waals surface area contributed by atoms with Crippen molar-refractivity contribution in [3.05, 3.63) is 98.3 Å². The Morgan fingerprint density at radius 2 is 1.82 bits per heavy atom. The highest BCUT2D eigenvalue weighted by Gasteiger charge is 2.17. The lowest BCUT2D eigenvalue weighted by Gasteiger charge is -2.15. The maximum Gasteiger partial charge on any atom is 0.269 e. The first kappa shape index (κ1) is 23.2. The average Bonchev–Trinajstić information content (AvgIpc) is 2.84.